The van der Waals surface area contributed by atoms with E-state index in [0.29, 0.717) is 11.4 Å². The number of carbonyl (C=O) groups excluding carboxylic acids is 1. The van der Waals surface area contributed by atoms with Crippen LogP contribution in [-0.4, -0.2) is 28.2 Å². The molecule has 26 heavy (non-hydrogen) atoms. The number of amides is 1. The number of methoxy groups -OCH3 is 1. The van der Waals surface area contributed by atoms with E-state index in [9.17, 15) is 13.2 Å². The lowest BCUT2D eigenvalue weighted by molar-refractivity contribution is 0.168. The molecule has 0 atom stereocenters. The fourth-order valence-electron chi connectivity index (χ4n) is 2.36. The smallest absolute Gasteiger partial charge is 0.411 e. The number of ether oxygens (including phenoxy) is 2. The van der Waals surface area contributed by atoms with Crippen molar-refractivity contribution in [2.24, 2.45) is 0 Å². The molecule has 0 aromatic heterocycles. The Labute approximate surface area is 153 Å². The second kappa shape index (κ2) is 8.09. The van der Waals surface area contributed by atoms with Gasteiger partial charge in [-0.05, 0) is 50.6 Å². The zero-order valence-corrected chi connectivity index (χ0v) is 15.9. The van der Waals surface area contributed by atoms with Crippen molar-refractivity contribution >= 4 is 27.5 Å². The standard InChI is InChI=1S/C18H22N2O5S/c1-5-25-18(21)19-16-11-14(7-9-17(16)24-4)26(22,23)20-15-8-6-12(2)10-13(15)3/h6-11,20H,5H2,1-4H3,(H,19,21). The van der Waals surface area contributed by atoms with Crippen LogP contribution < -0.4 is 14.8 Å². The molecule has 2 rings (SSSR count). The maximum absolute atomic E-state index is 12.7. The second-order valence-electron chi connectivity index (χ2n) is 5.63. The molecule has 0 fully saturated rings. The number of benzene rings is 2. The van der Waals surface area contributed by atoms with Crippen LogP contribution in [0.4, 0.5) is 16.2 Å². The summed E-state index contributed by atoms with van der Waals surface area (Å²) in [6.45, 7) is 5.63. The van der Waals surface area contributed by atoms with Crippen molar-refractivity contribution in [1.29, 1.82) is 0 Å². The van der Waals surface area contributed by atoms with Gasteiger partial charge in [-0.15, -0.1) is 0 Å². The summed E-state index contributed by atoms with van der Waals surface area (Å²) in [6.07, 6.45) is -0.692. The van der Waals surface area contributed by atoms with Crippen molar-refractivity contribution in [3.8, 4) is 5.75 Å². The fraction of sp³-hybridized carbons (Fsp3) is 0.278. The van der Waals surface area contributed by atoms with E-state index in [-0.39, 0.29) is 17.2 Å². The first-order chi connectivity index (χ1) is 12.3. The van der Waals surface area contributed by atoms with Gasteiger partial charge in [0.25, 0.3) is 10.0 Å². The van der Waals surface area contributed by atoms with E-state index >= 15 is 0 Å². The van der Waals surface area contributed by atoms with Gasteiger partial charge in [0.2, 0.25) is 0 Å². The number of anilines is 2. The first-order valence-electron chi connectivity index (χ1n) is 7.98. The molecule has 2 aromatic rings. The number of nitrogens with one attached hydrogen (secondary N) is 2. The summed E-state index contributed by atoms with van der Waals surface area (Å²) in [6, 6.07) is 9.62. The Bertz CT molecular complexity index is 910. The summed E-state index contributed by atoms with van der Waals surface area (Å²) in [5, 5.41) is 2.48. The number of aryl methyl sites for hydroxylation is 2. The maximum Gasteiger partial charge on any atom is 0.411 e. The molecule has 0 aliphatic rings. The minimum atomic E-state index is -3.84. The van der Waals surface area contributed by atoms with Crippen LogP contribution in [-0.2, 0) is 14.8 Å². The Hall–Kier alpha value is -2.74. The minimum Gasteiger partial charge on any atom is -0.495 e. The second-order valence-corrected chi connectivity index (χ2v) is 7.31. The lowest BCUT2D eigenvalue weighted by Crippen LogP contribution is -2.16. The molecule has 2 N–H and O–H groups in total. The van der Waals surface area contributed by atoms with Crippen LogP contribution >= 0.6 is 0 Å². The quantitative estimate of drug-likeness (QED) is 0.800. The first-order valence-corrected chi connectivity index (χ1v) is 9.47. The van der Waals surface area contributed by atoms with Crippen LogP contribution in [0.15, 0.2) is 41.3 Å². The zero-order chi connectivity index (χ0) is 19.3. The van der Waals surface area contributed by atoms with E-state index in [1.165, 1.54) is 25.3 Å². The van der Waals surface area contributed by atoms with Gasteiger partial charge in [-0.2, -0.15) is 0 Å². The molecular formula is C18H22N2O5S. The Balaban J connectivity index is 2.35. The molecule has 2 aromatic carbocycles. The lowest BCUT2D eigenvalue weighted by atomic mass is 10.1. The molecule has 0 saturated heterocycles. The largest absolute Gasteiger partial charge is 0.495 e. The lowest BCUT2D eigenvalue weighted by Gasteiger charge is -2.14. The molecule has 8 heteroatoms. The summed E-state index contributed by atoms with van der Waals surface area (Å²) in [5.74, 6) is 0.323. The van der Waals surface area contributed by atoms with Crippen LogP contribution in [0.2, 0.25) is 0 Å². The number of sulfonamides is 1. The molecule has 0 radical (unpaired) electrons. The molecule has 0 unspecified atom stereocenters. The predicted molar refractivity (Wildman–Crippen MR) is 100 cm³/mol. The van der Waals surface area contributed by atoms with Crippen LogP contribution in [0.1, 0.15) is 18.1 Å². The molecule has 0 aliphatic heterocycles. The Kier molecular flexibility index (Phi) is 6.10. The highest BCUT2D eigenvalue weighted by Crippen LogP contribution is 2.29. The summed E-state index contributed by atoms with van der Waals surface area (Å²) in [7, 11) is -2.42. The average Bonchev–Trinajstić information content (AvgIpc) is 2.57. The van der Waals surface area contributed by atoms with Gasteiger partial charge in [0, 0.05) is 0 Å². The molecular weight excluding hydrogens is 356 g/mol. The summed E-state index contributed by atoms with van der Waals surface area (Å²) in [4.78, 5) is 11.6. The van der Waals surface area contributed by atoms with E-state index in [0.717, 1.165) is 11.1 Å². The third-order valence-electron chi connectivity index (χ3n) is 3.62. The van der Waals surface area contributed by atoms with E-state index in [1.807, 2.05) is 26.0 Å². The molecule has 140 valence electrons. The molecule has 0 bridgehead atoms. The maximum atomic E-state index is 12.7. The molecule has 0 saturated carbocycles. The van der Waals surface area contributed by atoms with Crippen molar-refractivity contribution in [2.75, 3.05) is 23.8 Å². The monoisotopic (exact) mass is 378 g/mol. The molecule has 0 heterocycles. The SMILES string of the molecule is CCOC(=O)Nc1cc(S(=O)(=O)Nc2ccc(C)cc2C)ccc1OC. The van der Waals surface area contributed by atoms with Gasteiger partial charge in [-0.25, -0.2) is 13.2 Å². The Morgan fingerprint density at radius 1 is 1.08 bits per heavy atom. The van der Waals surface area contributed by atoms with Gasteiger partial charge in [-0.1, -0.05) is 17.7 Å². The molecule has 0 aliphatic carbocycles. The van der Waals surface area contributed by atoms with Crippen molar-refractivity contribution < 1.29 is 22.7 Å². The first kappa shape index (κ1) is 19.6. The van der Waals surface area contributed by atoms with Gasteiger partial charge < -0.3 is 9.47 Å². The Morgan fingerprint density at radius 2 is 1.81 bits per heavy atom. The van der Waals surface area contributed by atoms with Gasteiger partial charge in [0.05, 0.1) is 30.0 Å². The van der Waals surface area contributed by atoms with Crippen LogP contribution in [0.25, 0.3) is 0 Å². The number of rotatable bonds is 6. The number of hydrogen-bond acceptors (Lipinski definition) is 5. The average molecular weight is 378 g/mol. The van der Waals surface area contributed by atoms with E-state index in [4.69, 9.17) is 9.47 Å². The van der Waals surface area contributed by atoms with Gasteiger partial charge in [-0.3, -0.25) is 10.0 Å². The third kappa shape index (κ3) is 4.66. The fourth-order valence-corrected chi connectivity index (χ4v) is 3.52. The van der Waals surface area contributed by atoms with Gasteiger partial charge >= 0.3 is 6.09 Å². The predicted octanol–water partition coefficient (Wildman–Crippen LogP) is 3.68. The van der Waals surface area contributed by atoms with Crippen LogP contribution in [0.5, 0.6) is 5.75 Å². The van der Waals surface area contributed by atoms with Crippen molar-refractivity contribution in [3.63, 3.8) is 0 Å². The summed E-state index contributed by atoms with van der Waals surface area (Å²) < 4.78 is 38.0. The normalized spacial score (nSPS) is 10.9. The molecule has 1 amide bonds. The van der Waals surface area contributed by atoms with Gasteiger partial charge in [0.15, 0.2) is 0 Å². The highest BCUT2D eigenvalue weighted by atomic mass is 32.2. The zero-order valence-electron chi connectivity index (χ0n) is 15.1. The molecule has 0 spiro atoms. The van der Waals surface area contributed by atoms with Crippen molar-refractivity contribution in [1.82, 2.24) is 0 Å². The topological polar surface area (TPSA) is 93.7 Å². The van der Waals surface area contributed by atoms with Gasteiger partial charge in [0.1, 0.15) is 5.75 Å². The highest BCUT2D eigenvalue weighted by molar-refractivity contribution is 7.92. The van der Waals surface area contributed by atoms with E-state index in [1.54, 1.807) is 13.0 Å². The number of carbonyl (C=O) groups is 1. The van der Waals surface area contributed by atoms with Crippen molar-refractivity contribution in [2.45, 2.75) is 25.7 Å². The Morgan fingerprint density at radius 3 is 2.42 bits per heavy atom. The summed E-state index contributed by atoms with van der Waals surface area (Å²) in [5.41, 5.74) is 2.54. The van der Waals surface area contributed by atoms with Crippen LogP contribution in [0.3, 0.4) is 0 Å². The number of hydrogen-bond donors (Lipinski definition) is 2. The van der Waals surface area contributed by atoms with E-state index in [2.05, 4.69) is 10.0 Å². The minimum absolute atomic E-state index is 0.00919. The molecule has 7 nitrogen and oxygen atoms in total. The van der Waals surface area contributed by atoms with Crippen LogP contribution in [0, 0.1) is 13.8 Å². The highest BCUT2D eigenvalue weighted by Gasteiger charge is 2.19. The third-order valence-corrected chi connectivity index (χ3v) is 4.98. The van der Waals surface area contributed by atoms with Crippen molar-refractivity contribution in [3.05, 3.63) is 47.5 Å². The van der Waals surface area contributed by atoms with E-state index < -0.39 is 16.1 Å². The summed E-state index contributed by atoms with van der Waals surface area (Å²) >= 11 is 0.